The maximum Gasteiger partial charge on any atom is 0.254 e. The molecule has 0 fully saturated rings. The van der Waals surface area contributed by atoms with Crippen LogP contribution in [0.15, 0.2) is 54.6 Å². The number of aryl methyl sites for hydroxylation is 2. The third-order valence-corrected chi connectivity index (χ3v) is 6.28. The smallest absolute Gasteiger partial charge is 0.254 e. The van der Waals surface area contributed by atoms with Crippen molar-refractivity contribution in [3.63, 3.8) is 0 Å². The zero-order chi connectivity index (χ0) is 18.0. The highest BCUT2D eigenvalue weighted by atomic mass is 16.2. The lowest BCUT2D eigenvalue weighted by Gasteiger charge is -2.28. The molecule has 1 N–H and O–H groups in total. The second kappa shape index (κ2) is 5.46. The van der Waals surface area contributed by atoms with E-state index in [2.05, 4.69) is 53.5 Å². The maximum absolute atomic E-state index is 13.4. The number of amides is 1. The van der Waals surface area contributed by atoms with Gasteiger partial charge in [-0.05, 0) is 46.9 Å². The van der Waals surface area contributed by atoms with Crippen LogP contribution in [0.2, 0.25) is 0 Å². The van der Waals surface area contributed by atoms with Gasteiger partial charge in [0.2, 0.25) is 0 Å². The number of aromatic amines is 1. The molecule has 3 heteroatoms. The first-order valence-electron chi connectivity index (χ1n) is 9.71. The number of hydrogen-bond acceptors (Lipinski definition) is 1. The van der Waals surface area contributed by atoms with Crippen molar-refractivity contribution in [3.05, 3.63) is 82.5 Å². The Hall–Kier alpha value is -3.07. The van der Waals surface area contributed by atoms with Gasteiger partial charge in [-0.25, -0.2) is 0 Å². The predicted octanol–water partition coefficient (Wildman–Crippen LogP) is 4.62. The van der Waals surface area contributed by atoms with E-state index in [1.54, 1.807) is 0 Å². The molecule has 0 saturated heterocycles. The first-order chi connectivity index (χ1) is 13.3. The van der Waals surface area contributed by atoms with Crippen LogP contribution in [-0.4, -0.2) is 22.3 Å². The fraction of sp³-hybridized carbons (Fsp3) is 0.208. The predicted molar refractivity (Wildman–Crippen MR) is 108 cm³/mol. The van der Waals surface area contributed by atoms with Gasteiger partial charge in [-0.1, -0.05) is 42.5 Å². The van der Waals surface area contributed by atoms with Gasteiger partial charge in [-0.2, -0.15) is 0 Å². The molecule has 2 heterocycles. The molecule has 1 aliphatic carbocycles. The second-order valence-electron chi connectivity index (χ2n) is 7.72. The lowest BCUT2D eigenvalue weighted by molar-refractivity contribution is 0.0737. The van der Waals surface area contributed by atoms with Crippen LogP contribution in [0.1, 0.15) is 32.7 Å². The lowest BCUT2D eigenvalue weighted by atomic mass is 9.98. The number of rotatable bonds is 1. The molecule has 6 rings (SSSR count). The monoisotopic (exact) mass is 352 g/mol. The average Bonchev–Trinajstić information content (AvgIpc) is 3.30. The van der Waals surface area contributed by atoms with Crippen LogP contribution in [-0.2, 0) is 25.8 Å². The zero-order valence-corrected chi connectivity index (χ0v) is 15.1. The minimum Gasteiger partial charge on any atom is -0.358 e. The topological polar surface area (TPSA) is 36.1 Å². The Bertz CT molecular complexity index is 1220. The fourth-order valence-corrected chi connectivity index (χ4v) is 4.94. The van der Waals surface area contributed by atoms with Crippen LogP contribution in [0, 0.1) is 0 Å². The number of aromatic nitrogens is 1. The van der Waals surface area contributed by atoms with E-state index in [4.69, 9.17) is 0 Å². The number of para-hydroxylation sites is 1. The summed E-state index contributed by atoms with van der Waals surface area (Å²) >= 11 is 0. The molecule has 0 bridgehead atoms. The van der Waals surface area contributed by atoms with Gasteiger partial charge in [0.15, 0.2) is 0 Å². The number of nitrogens with one attached hydrogen (secondary N) is 1. The molecule has 1 amide bonds. The van der Waals surface area contributed by atoms with E-state index in [1.165, 1.54) is 38.7 Å². The van der Waals surface area contributed by atoms with Gasteiger partial charge in [-0.3, -0.25) is 4.79 Å². The summed E-state index contributed by atoms with van der Waals surface area (Å²) in [5.41, 5.74) is 7.34. The average molecular weight is 352 g/mol. The maximum atomic E-state index is 13.4. The third kappa shape index (κ3) is 2.11. The van der Waals surface area contributed by atoms with Crippen molar-refractivity contribution in [3.8, 4) is 0 Å². The Kier molecular flexibility index (Phi) is 3.04. The van der Waals surface area contributed by atoms with E-state index in [-0.39, 0.29) is 5.91 Å². The zero-order valence-electron chi connectivity index (χ0n) is 15.1. The molecule has 1 aromatic heterocycles. The quantitative estimate of drug-likeness (QED) is 0.533. The summed E-state index contributed by atoms with van der Waals surface area (Å²) in [6, 6.07) is 19.0. The lowest BCUT2D eigenvalue weighted by Crippen LogP contribution is -2.35. The molecular formula is C24H20N2O. The molecule has 0 radical (unpaired) electrons. The highest BCUT2D eigenvalue weighted by molar-refractivity contribution is 6.09. The number of carbonyl (C=O) groups is 1. The standard InChI is InChI=1S/C24H20N2O/c27-24(19-11-10-16-9-8-15-4-3-6-18(19)23(15)16)26-13-12-22-20(14-26)17-5-1-2-7-21(17)25-22/h1-7,10-11,25H,8-9,12-14H2. The van der Waals surface area contributed by atoms with Crippen LogP contribution >= 0.6 is 0 Å². The van der Waals surface area contributed by atoms with Gasteiger partial charge >= 0.3 is 0 Å². The molecule has 132 valence electrons. The van der Waals surface area contributed by atoms with Gasteiger partial charge in [0.1, 0.15) is 0 Å². The van der Waals surface area contributed by atoms with Crippen molar-refractivity contribution in [1.29, 1.82) is 0 Å². The number of benzene rings is 3. The number of carbonyl (C=O) groups excluding carboxylic acids is 1. The largest absolute Gasteiger partial charge is 0.358 e. The van der Waals surface area contributed by atoms with Crippen molar-refractivity contribution in [2.24, 2.45) is 0 Å². The molecule has 0 spiro atoms. The highest BCUT2D eigenvalue weighted by Crippen LogP contribution is 2.34. The van der Waals surface area contributed by atoms with Gasteiger partial charge in [0, 0.05) is 47.2 Å². The normalized spacial score (nSPS) is 15.5. The molecule has 3 aromatic carbocycles. The Balaban J connectivity index is 1.43. The van der Waals surface area contributed by atoms with Crippen molar-refractivity contribution in [1.82, 2.24) is 9.88 Å². The van der Waals surface area contributed by atoms with Crippen molar-refractivity contribution in [2.45, 2.75) is 25.8 Å². The number of fused-ring (bicyclic) bond motifs is 3. The number of hydrogen-bond donors (Lipinski definition) is 1. The van der Waals surface area contributed by atoms with Gasteiger partial charge in [0.05, 0.1) is 0 Å². The van der Waals surface area contributed by atoms with Crippen molar-refractivity contribution >= 4 is 27.6 Å². The molecule has 4 aromatic rings. The fourth-order valence-electron chi connectivity index (χ4n) is 4.94. The molecular weight excluding hydrogens is 332 g/mol. The molecule has 2 aliphatic rings. The van der Waals surface area contributed by atoms with Crippen LogP contribution in [0.4, 0.5) is 0 Å². The van der Waals surface area contributed by atoms with Crippen LogP contribution in [0.3, 0.4) is 0 Å². The molecule has 27 heavy (non-hydrogen) atoms. The summed E-state index contributed by atoms with van der Waals surface area (Å²) in [6.07, 6.45) is 3.07. The van der Waals surface area contributed by atoms with E-state index < -0.39 is 0 Å². The number of H-pyrrole nitrogens is 1. The molecule has 3 nitrogen and oxygen atoms in total. The van der Waals surface area contributed by atoms with Crippen LogP contribution in [0.25, 0.3) is 21.7 Å². The van der Waals surface area contributed by atoms with E-state index in [9.17, 15) is 4.79 Å². The van der Waals surface area contributed by atoms with E-state index >= 15 is 0 Å². The molecule has 0 unspecified atom stereocenters. The van der Waals surface area contributed by atoms with E-state index in [0.717, 1.165) is 36.8 Å². The molecule has 0 saturated carbocycles. The van der Waals surface area contributed by atoms with Gasteiger partial charge < -0.3 is 9.88 Å². The number of nitrogens with zero attached hydrogens (tertiary/aromatic N) is 1. The second-order valence-corrected chi connectivity index (χ2v) is 7.72. The molecule has 0 atom stereocenters. The summed E-state index contributed by atoms with van der Waals surface area (Å²) < 4.78 is 0. The Labute approximate surface area is 157 Å². The van der Waals surface area contributed by atoms with Gasteiger partial charge in [0.25, 0.3) is 5.91 Å². The first-order valence-corrected chi connectivity index (χ1v) is 9.71. The minimum atomic E-state index is 0.154. The highest BCUT2D eigenvalue weighted by Gasteiger charge is 2.27. The Morgan fingerprint density at radius 1 is 0.852 bits per heavy atom. The van der Waals surface area contributed by atoms with Crippen LogP contribution < -0.4 is 0 Å². The summed E-state index contributed by atoms with van der Waals surface area (Å²) in [6.45, 7) is 1.45. The third-order valence-electron chi connectivity index (χ3n) is 6.28. The van der Waals surface area contributed by atoms with Crippen molar-refractivity contribution in [2.75, 3.05) is 6.54 Å². The first kappa shape index (κ1) is 15.0. The SMILES string of the molecule is O=C(c1ccc2c3c(cccc13)CC2)N1CCc2[nH]c3ccccc3c2C1. The van der Waals surface area contributed by atoms with E-state index in [1.807, 2.05) is 11.0 Å². The summed E-state index contributed by atoms with van der Waals surface area (Å²) in [5.74, 6) is 0.154. The summed E-state index contributed by atoms with van der Waals surface area (Å²) in [5, 5.41) is 3.68. The molecule has 1 aliphatic heterocycles. The van der Waals surface area contributed by atoms with Crippen LogP contribution in [0.5, 0.6) is 0 Å². The minimum absolute atomic E-state index is 0.154. The summed E-state index contributed by atoms with van der Waals surface area (Å²) in [7, 11) is 0. The van der Waals surface area contributed by atoms with Crippen molar-refractivity contribution < 1.29 is 4.79 Å². The Morgan fingerprint density at radius 2 is 1.67 bits per heavy atom. The van der Waals surface area contributed by atoms with E-state index in [0.29, 0.717) is 6.54 Å². The summed E-state index contributed by atoms with van der Waals surface area (Å²) in [4.78, 5) is 19.0. The van der Waals surface area contributed by atoms with Gasteiger partial charge in [-0.15, -0.1) is 0 Å². The Morgan fingerprint density at radius 3 is 2.59 bits per heavy atom.